The number of hydrogen-bond acceptors (Lipinski definition) is 5. The molecule has 1 aromatic rings. The Labute approximate surface area is 136 Å². The highest BCUT2D eigenvalue weighted by atomic mass is 32.2. The van der Waals surface area contributed by atoms with Crippen molar-refractivity contribution in [3.63, 3.8) is 0 Å². The van der Waals surface area contributed by atoms with Crippen molar-refractivity contribution in [1.29, 1.82) is 0 Å². The predicted octanol–water partition coefficient (Wildman–Crippen LogP) is 0.805. The number of carbonyl (C=O) groups excluding carboxylic acids is 4. The molecule has 3 rings (SSSR count). The van der Waals surface area contributed by atoms with Gasteiger partial charge < -0.3 is 5.32 Å². The molecule has 118 valence electrons. The first kappa shape index (κ1) is 15.4. The summed E-state index contributed by atoms with van der Waals surface area (Å²) >= 11 is 1.13. The van der Waals surface area contributed by atoms with Crippen LogP contribution in [0.15, 0.2) is 29.3 Å². The molecule has 0 radical (unpaired) electrons. The van der Waals surface area contributed by atoms with E-state index in [0.717, 1.165) is 16.7 Å². The lowest BCUT2D eigenvalue weighted by Gasteiger charge is -2.19. The molecule has 2 heterocycles. The van der Waals surface area contributed by atoms with Gasteiger partial charge in [-0.25, -0.2) is 0 Å². The minimum Gasteiger partial charge on any atom is -0.304 e. The van der Waals surface area contributed by atoms with Gasteiger partial charge in [0.1, 0.15) is 6.04 Å². The molecule has 0 aromatic heterocycles. The number of benzene rings is 1. The van der Waals surface area contributed by atoms with Crippen molar-refractivity contribution in [1.82, 2.24) is 10.2 Å². The molecular formula is C15H13N3O4S. The lowest BCUT2D eigenvalue weighted by atomic mass is 10.1. The molecule has 1 aromatic carbocycles. The lowest BCUT2D eigenvalue weighted by Crippen LogP contribution is -2.42. The number of rotatable bonds is 2. The maximum Gasteiger partial charge on any atom is 0.271 e. The first-order chi connectivity index (χ1) is 10.9. The molecule has 0 aliphatic carbocycles. The number of fused-ring (bicyclic) bond motifs is 1. The first-order valence-electron chi connectivity index (χ1n) is 6.97. The van der Waals surface area contributed by atoms with Crippen LogP contribution in [0, 0.1) is 0 Å². The molecule has 1 fully saturated rings. The van der Waals surface area contributed by atoms with Crippen LogP contribution in [0.25, 0.3) is 0 Å². The Hall–Kier alpha value is -2.48. The highest BCUT2D eigenvalue weighted by Crippen LogP contribution is 2.25. The number of amides is 4. The molecule has 0 spiro atoms. The molecule has 0 bridgehead atoms. The fraction of sp³-hybridized carbons (Fsp3) is 0.267. The normalized spacial score (nSPS) is 23.2. The Morgan fingerprint density at radius 3 is 2.26 bits per heavy atom. The Balaban J connectivity index is 1.82. The maximum atomic E-state index is 12.3. The van der Waals surface area contributed by atoms with Gasteiger partial charge in [0.2, 0.25) is 5.91 Å². The molecule has 23 heavy (non-hydrogen) atoms. The number of carbonyl (C=O) groups is 4. The summed E-state index contributed by atoms with van der Waals surface area (Å²) in [5.41, 5.74) is 0.559. The second-order valence-electron chi connectivity index (χ2n) is 5.21. The van der Waals surface area contributed by atoms with Crippen molar-refractivity contribution in [3.8, 4) is 0 Å². The van der Waals surface area contributed by atoms with E-state index in [9.17, 15) is 19.2 Å². The van der Waals surface area contributed by atoms with E-state index < -0.39 is 23.8 Å². The summed E-state index contributed by atoms with van der Waals surface area (Å²) in [4.78, 5) is 53.0. The Morgan fingerprint density at radius 1 is 1.22 bits per heavy atom. The Kier molecular flexibility index (Phi) is 3.77. The van der Waals surface area contributed by atoms with E-state index in [-0.39, 0.29) is 27.5 Å². The number of nitrogens with one attached hydrogen (secondary N) is 1. The number of imide groups is 1. The smallest absolute Gasteiger partial charge is 0.271 e. The van der Waals surface area contributed by atoms with Crippen molar-refractivity contribution in [2.24, 2.45) is 4.99 Å². The molecule has 0 unspecified atom stereocenters. The summed E-state index contributed by atoms with van der Waals surface area (Å²) < 4.78 is 0. The fourth-order valence-electron chi connectivity index (χ4n) is 2.38. The summed E-state index contributed by atoms with van der Waals surface area (Å²) in [6.07, 6.45) is 0. The third-order valence-electron chi connectivity index (χ3n) is 3.67. The molecule has 1 N–H and O–H groups in total. The van der Waals surface area contributed by atoms with Crippen LogP contribution >= 0.6 is 11.8 Å². The topological polar surface area (TPSA) is 95.9 Å². The van der Waals surface area contributed by atoms with Crippen LogP contribution in [0.1, 0.15) is 34.6 Å². The third-order valence-corrected chi connectivity index (χ3v) is 4.65. The molecule has 2 aliphatic heterocycles. The highest BCUT2D eigenvalue weighted by molar-refractivity contribution is 8.15. The fourth-order valence-corrected chi connectivity index (χ4v) is 3.18. The second-order valence-corrected chi connectivity index (χ2v) is 6.54. The van der Waals surface area contributed by atoms with Gasteiger partial charge in [0.15, 0.2) is 5.17 Å². The van der Waals surface area contributed by atoms with Gasteiger partial charge >= 0.3 is 0 Å². The van der Waals surface area contributed by atoms with Gasteiger partial charge in [-0.05, 0) is 26.0 Å². The van der Waals surface area contributed by atoms with E-state index >= 15 is 0 Å². The van der Waals surface area contributed by atoms with Crippen LogP contribution < -0.4 is 5.32 Å². The van der Waals surface area contributed by atoms with Crippen LogP contribution in [0.2, 0.25) is 0 Å². The van der Waals surface area contributed by atoms with Crippen LogP contribution in [0.4, 0.5) is 0 Å². The zero-order chi connectivity index (χ0) is 16.7. The lowest BCUT2D eigenvalue weighted by molar-refractivity contribution is -0.121. The molecule has 7 nitrogen and oxygen atoms in total. The van der Waals surface area contributed by atoms with E-state index in [1.807, 2.05) is 0 Å². The van der Waals surface area contributed by atoms with Crippen molar-refractivity contribution < 1.29 is 19.2 Å². The number of aliphatic imine (C=N–C) groups is 1. The van der Waals surface area contributed by atoms with Gasteiger partial charge in [0.25, 0.3) is 17.7 Å². The van der Waals surface area contributed by atoms with Crippen LogP contribution in [-0.4, -0.2) is 45.0 Å². The molecule has 2 aliphatic rings. The minimum absolute atomic E-state index is 0.191. The molecule has 4 amide bonds. The van der Waals surface area contributed by atoms with Crippen LogP contribution in [0.3, 0.4) is 0 Å². The zero-order valence-electron chi connectivity index (χ0n) is 12.4. The summed E-state index contributed by atoms with van der Waals surface area (Å²) in [5.74, 6) is -1.91. The molecule has 8 heteroatoms. The monoisotopic (exact) mass is 331 g/mol. The van der Waals surface area contributed by atoms with E-state index in [2.05, 4.69) is 10.3 Å². The zero-order valence-corrected chi connectivity index (χ0v) is 13.2. The summed E-state index contributed by atoms with van der Waals surface area (Å²) in [5, 5.41) is 2.35. The quantitative estimate of drug-likeness (QED) is 0.809. The maximum absolute atomic E-state index is 12.3. The molecule has 2 atom stereocenters. The van der Waals surface area contributed by atoms with E-state index in [1.165, 1.54) is 6.92 Å². The third kappa shape index (κ3) is 2.55. The predicted molar refractivity (Wildman–Crippen MR) is 84.0 cm³/mol. The molecule has 0 saturated carbocycles. The Bertz CT molecular complexity index is 739. The summed E-state index contributed by atoms with van der Waals surface area (Å²) in [6, 6.07) is 5.38. The van der Waals surface area contributed by atoms with E-state index in [4.69, 9.17) is 0 Å². The van der Waals surface area contributed by atoms with Gasteiger partial charge in [-0.15, -0.1) is 0 Å². The largest absolute Gasteiger partial charge is 0.304 e. The summed E-state index contributed by atoms with van der Waals surface area (Å²) in [7, 11) is 0. The van der Waals surface area contributed by atoms with Crippen molar-refractivity contribution in [2.75, 3.05) is 0 Å². The minimum atomic E-state index is -1.04. The van der Waals surface area contributed by atoms with Crippen molar-refractivity contribution in [2.45, 2.75) is 25.1 Å². The number of nitrogens with zero attached hydrogens (tertiary/aromatic N) is 2. The van der Waals surface area contributed by atoms with Gasteiger partial charge in [-0.1, -0.05) is 23.9 Å². The first-order valence-corrected chi connectivity index (χ1v) is 7.85. The average Bonchev–Trinajstić information content (AvgIpc) is 2.97. The number of amidine groups is 1. The second kappa shape index (κ2) is 5.62. The molecule has 1 saturated heterocycles. The van der Waals surface area contributed by atoms with Gasteiger partial charge in [-0.3, -0.25) is 24.1 Å². The van der Waals surface area contributed by atoms with Gasteiger partial charge in [0.05, 0.1) is 16.4 Å². The van der Waals surface area contributed by atoms with E-state index in [0.29, 0.717) is 0 Å². The SMILES string of the molecule is C[C@H]1SC(=NC(=O)[C@H](C)N2C(=O)c3ccccc3C2=O)NC1=O. The van der Waals surface area contributed by atoms with Crippen molar-refractivity contribution in [3.05, 3.63) is 35.4 Å². The van der Waals surface area contributed by atoms with Gasteiger partial charge in [-0.2, -0.15) is 4.99 Å². The highest BCUT2D eigenvalue weighted by Gasteiger charge is 2.41. The van der Waals surface area contributed by atoms with Crippen molar-refractivity contribution >= 4 is 40.6 Å². The molecular weight excluding hydrogens is 318 g/mol. The average molecular weight is 331 g/mol. The summed E-state index contributed by atoms with van der Waals surface area (Å²) in [6.45, 7) is 3.14. The van der Waals surface area contributed by atoms with Crippen LogP contribution in [0.5, 0.6) is 0 Å². The van der Waals surface area contributed by atoms with Crippen LogP contribution in [-0.2, 0) is 9.59 Å². The standard InChI is InChI=1S/C15H13N3O4S/c1-7(11(19)16-15-17-12(20)8(2)23-15)18-13(21)9-5-3-4-6-10(9)14(18)22/h3-8H,1-2H3,(H,16,17,19,20)/t7-,8+/m0/s1. The van der Waals surface area contributed by atoms with Gasteiger partial charge in [0, 0.05) is 0 Å². The number of thioether (sulfide) groups is 1. The Morgan fingerprint density at radius 2 is 1.78 bits per heavy atom. The number of hydrogen-bond donors (Lipinski definition) is 1. The van der Waals surface area contributed by atoms with E-state index in [1.54, 1.807) is 31.2 Å².